The lowest BCUT2D eigenvalue weighted by atomic mass is 9.94. The van der Waals surface area contributed by atoms with Gasteiger partial charge >= 0.3 is 5.97 Å². The topological polar surface area (TPSA) is 90.9 Å². The summed E-state index contributed by atoms with van der Waals surface area (Å²) in [5, 5.41) is 2.88. The molecular formula is C20H37NO6. The van der Waals surface area contributed by atoms with E-state index in [-0.39, 0.29) is 24.1 Å². The highest BCUT2D eigenvalue weighted by molar-refractivity contribution is 5.84. The molecule has 0 aliphatic carbocycles. The number of rotatable bonds is 18. The first kappa shape index (κ1) is 25.5. The van der Waals surface area contributed by atoms with Crippen molar-refractivity contribution < 1.29 is 28.6 Å². The molecule has 0 aromatic carbocycles. The van der Waals surface area contributed by atoms with Crippen LogP contribution in [0.25, 0.3) is 0 Å². The van der Waals surface area contributed by atoms with Crippen LogP contribution in [0.3, 0.4) is 0 Å². The van der Waals surface area contributed by atoms with E-state index >= 15 is 0 Å². The van der Waals surface area contributed by atoms with E-state index in [1.807, 2.05) is 0 Å². The maximum atomic E-state index is 12.0. The Labute approximate surface area is 163 Å². The second kappa shape index (κ2) is 17.9. The number of hydrogen-bond acceptors (Lipinski definition) is 6. The number of ketones is 1. The zero-order chi connectivity index (χ0) is 20.3. The lowest BCUT2D eigenvalue weighted by Crippen LogP contribution is -2.25. The minimum atomic E-state index is -0.394. The monoisotopic (exact) mass is 387 g/mol. The van der Waals surface area contributed by atoms with E-state index in [1.165, 1.54) is 7.11 Å². The molecule has 0 saturated heterocycles. The minimum absolute atomic E-state index is 0.0434. The third kappa shape index (κ3) is 15.3. The average molecular weight is 388 g/mol. The molecule has 27 heavy (non-hydrogen) atoms. The molecule has 0 radical (unpaired) electrons. The first-order valence-corrected chi connectivity index (χ1v) is 9.89. The van der Waals surface area contributed by atoms with Gasteiger partial charge in [-0.1, -0.05) is 6.42 Å². The number of hydrogen-bond donors (Lipinski definition) is 1. The summed E-state index contributed by atoms with van der Waals surface area (Å²) in [5.74, 6) is -0.593. The number of Topliss-reactive ketones (excluding diaryl/α,β-unsaturated/α-hetero) is 1. The summed E-state index contributed by atoms with van der Waals surface area (Å²) in [7, 11) is 4.64. The SMILES string of the molecule is COCCCCC(=O)CC(CCCCNC(=O)CCCCOC)C(=O)OC. The summed E-state index contributed by atoms with van der Waals surface area (Å²) >= 11 is 0. The number of carbonyl (C=O) groups is 3. The summed E-state index contributed by atoms with van der Waals surface area (Å²) in [5.41, 5.74) is 0. The molecule has 1 amide bonds. The van der Waals surface area contributed by atoms with Gasteiger partial charge in [0.25, 0.3) is 0 Å². The minimum Gasteiger partial charge on any atom is -0.469 e. The fourth-order valence-electron chi connectivity index (χ4n) is 2.78. The third-order valence-electron chi connectivity index (χ3n) is 4.37. The number of nitrogens with one attached hydrogen (secondary N) is 1. The van der Waals surface area contributed by atoms with Crippen molar-refractivity contribution in [1.29, 1.82) is 0 Å². The van der Waals surface area contributed by atoms with Crippen molar-refractivity contribution in [3.8, 4) is 0 Å². The largest absolute Gasteiger partial charge is 0.469 e. The van der Waals surface area contributed by atoms with Crippen LogP contribution >= 0.6 is 0 Å². The van der Waals surface area contributed by atoms with Crippen molar-refractivity contribution in [2.75, 3.05) is 41.1 Å². The maximum absolute atomic E-state index is 12.0. The van der Waals surface area contributed by atoms with Crippen molar-refractivity contribution >= 4 is 17.7 Å². The first-order chi connectivity index (χ1) is 13.0. The summed E-state index contributed by atoms with van der Waals surface area (Å²) < 4.78 is 14.7. The Morgan fingerprint density at radius 2 is 1.44 bits per heavy atom. The van der Waals surface area contributed by atoms with Gasteiger partial charge in [0.15, 0.2) is 0 Å². The zero-order valence-electron chi connectivity index (χ0n) is 17.2. The number of unbranched alkanes of at least 4 members (excludes halogenated alkanes) is 3. The fourth-order valence-corrected chi connectivity index (χ4v) is 2.78. The highest BCUT2D eigenvalue weighted by Gasteiger charge is 2.21. The van der Waals surface area contributed by atoms with Gasteiger partial charge in [-0.05, 0) is 38.5 Å². The number of ether oxygens (including phenoxy) is 3. The Morgan fingerprint density at radius 3 is 2.04 bits per heavy atom. The Hall–Kier alpha value is -1.47. The molecule has 1 unspecified atom stereocenters. The van der Waals surface area contributed by atoms with Gasteiger partial charge < -0.3 is 19.5 Å². The highest BCUT2D eigenvalue weighted by Crippen LogP contribution is 2.17. The van der Waals surface area contributed by atoms with Gasteiger partial charge in [-0.15, -0.1) is 0 Å². The Bertz CT molecular complexity index is 413. The Kier molecular flexibility index (Phi) is 16.9. The van der Waals surface area contributed by atoms with E-state index in [0.717, 1.165) is 38.5 Å². The number of amides is 1. The smallest absolute Gasteiger partial charge is 0.309 e. The standard InChI is InChI=1S/C20H37NO6/c1-25-14-8-5-11-18(22)16-17(20(24)27-3)10-4-7-13-21-19(23)12-6-9-15-26-2/h17H,4-16H2,1-3H3,(H,21,23). The molecule has 0 saturated carbocycles. The molecule has 0 fully saturated rings. The van der Waals surface area contributed by atoms with Crippen molar-refractivity contribution in [2.24, 2.45) is 5.92 Å². The van der Waals surface area contributed by atoms with Gasteiger partial charge in [-0.2, -0.15) is 0 Å². The van der Waals surface area contributed by atoms with Crippen molar-refractivity contribution in [2.45, 2.75) is 64.2 Å². The molecule has 1 N–H and O–H groups in total. The molecular weight excluding hydrogens is 350 g/mol. The molecule has 7 nitrogen and oxygen atoms in total. The molecule has 158 valence electrons. The van der Waals surface area contributed by atoms with Crippen LogP contribution in [0.4, 0.5) is 0 Å². The molecule has 0 spiro atoms. The zero-order valence-corrected chi connectivity index (χ0v) is 17.2. The van der Waals surface area contributed by atoms with Gasteiger partial charge in [0.05, 0.1) is 13.0 Å². The van der Waals surface area contributed by atoms with Gasteiger partial charge in [0, 0.05) is 53.2 Å². The van der Waals surface area contributed by atoms with Crippen LogP contribution in [-0.2, 0) is 28.6 Å². The van der Waals surface area contributed by atoms with Crippen LogP contribution in [0.15, 0.2) is 0 Å². The summed E-state index contributed by atoms with van der Waals surface area (Å²) in [6.45, 7) is 1.90. The molecule has 7 heteroatoms. The maximum Gasteiger partial charge on any atom is 0.309 e. The summed E-state index contributed by atoms with van der Waals surface area (Å²) in [6, 6.07) is 0. The van der Waals surface area contributed by atoms with Crippen LogP contribution in [0.1, 0.15) is 64.2 Å². The molecule has 0 heterocycles. The summed E-state index contributed by atoms with van der Waals surface area (Å²) in [4.78, 5) is 35.6. The summed E-state index contributed by atoms with van der Waals surface area (Å²) in [6.07, 6.45) is 6.65. The van der Waals surface area contributed by atoms with E-state index in [0.29, 0.717) is 39.0 Å². The van der Waals surface area contributed by atoms with Gasteiger partial charge in [-0.25, -0.2) is 0 Å². The van der Waals surface area contributed by atoms with E-state index in [4.69, 9.17) is 14.2 Å². The van der Waals surface area contributed by atoms with E-state index < -0.39 is 5.92 Å². The number of carbonyl (C=O) groups excluding carboxylic acids is 3. The molecule has 0 rings (SSSR count). The predicted molar refractivity (Wildman–Crippen MR) is 103 cm³/mol. The van der Waals surface area contributed by atoms with Crippen LogP contribution in [0.5, 0.6) is 0 Å². The lowest BCUT2D eigenvalue weighted by molar-refractivity contribution is -0.147. The second-order valence-electron chi connectivity index (χ2n) is 6.71. The van der Waals surface area contributed by atoms with Crippen molar-refractivity contribution in [3.63, 3.8) is 0 Å². The van der Waals surface area contributed by atoms with Crippen LogP contribution in [0.2, 0.25) is 0 Å². The highest BCUT2D eigenvalue weighted by atomic mass is 16.5. The molecule has 0 aliphatic heterocycles. The molecule has 0 bridgehead atoms. The van der Waals surface area contributed by atoms with Crippen LogP contribution in [0, 0.1) is 5.92 Å². The Balaban J connectivity index is 3.95. The van der Waals surface area contributed by atoms with E-state index in [1.54, 1.807) is 14.2 Å². The van der Waals surface area contributed by atoms with Gasteiger partial charge in [0.2, 0.25) is 5.91 Å². The van der Waals surface area contributed by atoms with Crippen LogP contribution < -0.4 is 5.32 Å². The predicted octanol–water partition coefficient (Wildman–Crippen LogP) is 2.65. The number of methoxy groups -OCH3 is 3. The van der Waals surface area contributed by atoms with E-state index in [2.05, 4.69) is 5.32 Å². The molecule has 1 atom stereocenters. The Morgan fingerprint density at radius 1 is 0.815 bits per heavy atom. The van der Waals surface area contributed by atoms with Crippen molar-refractivity contribution in [3.05, 3.63) is 0 Å². The fraction of sp³-hybridized carbons (Fsp3) is 0.850. The molecule has 0 aromatic rings. The number of esters is 1. The van der Waals surface area contributed by atoms with E-state index in [9.17, 15) is 14.4 Å². The average Bonchev–Trinajstić information content (AvgIpc) is 2.66. The molecule has 0 aromatic heterocycles. The normalized spacial score (nSPS) is 11.8. The third-order valence-corrected chi connectivity index (χ3v) is 4.37. The second-order valence-corrected chi connectivity index (χ2v) is 6.71. The van der Waals surface area contributed by atoms with Crippen LogP contribution in [-0.4, -0.2) is 58.7 Å². The van der Waals surface area contributed by atoms with Crippen molar-refractivity contribution in [1.82, 2.24) is 5.32 Å². The van der Waals surface area contributed by atoms with Gasteiger partial charge in [0.1, 0.15) is 5.78 Å². The first-order valence-electron chi connectivity index (χ1n) is 9.89. The lowest BCUT2D eigenvalue weighted by Gasteiger charge is -2.14. The molecule has 0 aliphatic rings. The van der Waals surface area contributed by atoms with Gasteiger partial charge in [-0.3, -0.25) is 14.4 Å². The quantitative estimate of drug-likeness (QED) is 0.287.